The molecule has 0 bridgehead atoms. The monoisotopic (exact) mass is 166 g/mol. The molecule has 1 aromatic heterocycles. The fraction of sp³-hybridized carbons (Fsp3) is 0.250. The van der Waals surface area contributed by atoms with Crippen molar-refractivity contribution >= 4 is 6.09 Å². The Labute approximate surface area is 70.3 Å². The van der Waals surface area contributed by atoms with Crippen molar-refractivity contribution in [2.24, 2.45) is 0 Å². The number of carbonyl (C=O) groups is 1. The van der Waals surface area contributed by atoms with Gasteiger partial charge in [-0.25, -0.2) is 4.79 Å². The third-order valence-corrected chi connectivity index (χ3v) is 1.47. The zero-order valence-electron chi connectivity index (χ0n) is 6.69. The summed E-state index contributed by atoms with van der Waals surface area (Å²) in [4.78, 5) is 14.3. The summed E-state index contributed by atoms with van der Waals surface area (Å²) < 4.78 is 0. The topological polar surface area (TPSA) is 62.2 Å². The van der Waals surface area contributed by atoms with Crippen molar-refractivity contribution < 1.29 is 9.90 Å². The summed E-state index contributed by atoms with van der Waals surface area (Å²) in [6, 6.07) is 5.13. The number of carboxylic acid groups (broad SMARTS) is 1. The highest BCUT2D eigenvalue weighted by Crippen LogP contribution is 2.06. The van der Waals surface area contributed by atoms with E-state index in [0.29, 0.717) is 0 Å². The van der Waals surface area contributed by atoms with Gasteiger partial charge in [0.2, 0.25) is 0 Å². The lowest BCUT2D eigenvalue weighted by atomic mass is 10.2. The van der Waals surface area contributed by atoms with Crippen molar-refractivity contribution in [2.45, 2.75) is 13.0 Å². The van der Waals surface area contributed by atoms with Crippen LogP contribution in [0.5, 0.6) is 0 Å². The van der Waals surface area contributed by atoms with Crippen molar-refractivity contribution in [1.82, 2.24) is 10.3 Å². The molecule has 0 radical (unpaired) electrons. The highest BCUT2D eigenvalue weighted by molar-refractivity contribution is 5.64. The van der Waals surface area contributed by atoms with Crippen LogP contribution in [0.2, 0.25) is 0 Å². The van der Waals surface area contributed by atoms with E-state index in [1.165, 1.54) is 0 Å². The van der Waals surface area contributed by atoms with Crippen LogP contribution in [0.4, 0.5) is 4.79 Å². The van der Waals surface area contributed by atoms with E-state index in [4.69, 9.17) is 5.11 Å². The second kappa shape index (κ2) is 3.71. The van der Waals surface area contributed by atoms with Crippen molar-refractivity contribution in [2.75, 3.05) is 0 Å². The van der Waals surface area contributed by atoms with E-state index < -0.39 is 6.09 Å². The molecular formula is C8H10N2O2. The normalized spacial score (nSPS) is 12.1. The second-order valence-electron chi connectivity index (χ2n) is 2.43. The standard InChI is InChI=1S/C8H10N2O2/c1-6(10-8(11)12)7-4-2-3-5-9-7/h2-6,10H,1H3,(H,11,12). The van der Waals surface area contributed by atoms with Crippen LogP contribution in [0.25, 0.3) is 0 Å². The van der Waals surface area contributed by atoms with E-state index in [0.717, 1.165) is 5.69 Å². The van der Waals surface area contributed by atoms with Gasteiger partial charge in [-0.1, -0.05) is 6.07 Å². The molecular weight excluding hydrogens is 156 g/mol. The molecule has 0 saturated carbocycles. The van der Waals surface area contributed by atoms with Crippen LogP contribution >= 0.6 is 0 Å². The lowest BCUT2D eigenvalue weighted by Gasteiger charge is -2.09. The zero-order valence-corrected chi connectivity index (χ0v) is 6.69. The van der Waals surface area contributed by atoms with Gasteiger partial charge in [0.05, 0.1) is 11.7 Å². The Bertz CT molecular complexity index is 261. The molecule has 2 N–H and O–H groups in total. The molecule has 0 aliphatic carbocycles. The minimum absolute atomic E-state index is 0.260. The highest BCUT2D eigenvalue weighted by Gasteiger charge is 2.07. The summed E-state index contributed by atoms with van der Waals surface area (Å²) in [6.07, 6.45) is 0.600. The van der Waals surface area contributed by atoms with Crippen molar-refractivity contribution in [3.8, 4) is 0 Å². The van der Waals surface area contributed by atoms with E-state index in [2.05, 4.69) is 10.3 Å². The molecule has 1 heterocycles. The maximum absolute atomic E-state index is 10.2. The summed E-state index contributed by atoms with van der Waals surface area (Å²) in [5.41, 5.74) is 0.722. The molecule has 1 amide bonds. The average molecular weight is 166 g/mol. The molecule has 12 heavy (non-hydrogen) atoms. The molecule has 0 aromatic carbocycles. The first-order valence-electron chi connectivity index (χ1n) is 3.60. The Morgan fingerprint density at radius 3 is 2.92 bits per heavy atom. The van der Waals surface area contributed by atoms with E-state index in [1.54, 1.807) is 25.3 Å². The molecule has 1 rings (SSSR count). The average Bonchev–Trinajstić information content (AvgIpc) is 2.05. The van der Waals surface area contributed by atoms with Gasteiger partial charge >= 0.3 is 6.09 Å². The second-order valence-corrected chi connectivity index (χ2v) is 2.43. The fourth-order valence-corrected chi connectivity index (χ4v) is 0.891. The van der Waals surface area contributed by atoms with Gasteiger partial charge in [-0.15, -0.1) is 0 Å². The highest BCUT2D eigenvalue weighted by atomic mass is 16.4. The van der Waals surface area contributed by atoms with E-state index >= 15 is 0 Å². The maximum Gasteiger partial charge on any atom is 0.405 e. The molecule has 1 atom stereocenters. The Morgan fingerprint density at radius 2 is 2.42 bits per heavy atom. The van der Waals surface area contributed by atoms with Gasteiger partial charge in [-0.3, -0.25) is 4.98 Å². The Balaban J connectivity index is 2.65. The van der Waals surface area contributed by atoms with Gasteiger partial charge in [0.25, 0.3) is 0 Å². The SMILES string of the molecule is CC(NC(=O)O)c1ccccn1. The molecule has 0 aliphatic rings. The van der Waals surface area contributed by atoms with Crippen molar-refractivity contribution in [3.05, 3.63) is 30.1 Å². The Hall–Kier alpha value is -1.58. The van der Waals surface area contributed by atoms with Crippen LogP contribution in [0, 0.1) is 0 Å². The summed E-state index contributed by atoms with van der Waals surface area (Å²) in [5, 5.41) is 10.7. The quantitative estimate of drug-likeness (QED) is 0.698. The summed E-state index contributed by atoms with van der Waals surface area (Å²) >= 11 is 0. The van der Waals surface area contributed by atoms with Gasteiger partial charge in [0.1, 0.15) is 0 Å². The minimum atomic E-state index is -1.03. The van der Waals surface area contributed by atoms with Crippen LogP contribution < -0.4 is 5.32 Å². The molecule has 4 nitrogen and oxygen atoms in total. The summed E-state index contributed by atoms with van der Waals surface area (Å²) in [6.45, 7) is 1.75. The van der Waals surface area contributed by atoms with Crippen LogP contribution in [0.15, 0.2) is 24.4 Å². The lowest BCUT2D eigenvalue weighted by Crippen LogP contribution is -2.24. The van der Waals surface area contributed by atoms with Crippen LogP contribution in [-0.2, 0) is 0 Å². The number of pyridine rings is 1. The molecule has 0 aliphatic heterocycles. The third-order valence-electron chi connectivity index (χ3n) is 1.47. The molecule has 64 valence electrons. The summed E-state index contributed by atoms with van der Waals surface area (Å²) in [5.74, 6) is 0. The van der Waals surface area contributed by atoms with Gasteiger partial charge in [0, 0.05) is 6.20 Å². The number of amides is 1. The Morgan fingerprint density at radius 1 is 1.67 bits per heavy atom. The molecule has 1 aromatic rings. The number of hydrogen-bond donors (Lipinski definition) is 2. The first kappa shape index (κ1) is 8.52. The molecule has 0 fully saturated rings. The van der Waals surface area contributed by atoms with Crippen LogP contribution in [-0.4, -0.2) is 16.2 Å². The fourth-order valence-electron chi connectivity index (χ4n) is 0.891. The molecule has 1 unspecified atom stereocenters. The van der Waals surface area contributed by atoms with E-state index in [-0.39, 0.29) is 6.04 Å². The van der Waals surface area contributed by atoms with Crippen molar-refractivity contribution in [3.63, 3.8) is 0 Å². The molecule has 0 spiro atoms. The predicted octanol–water partition coefficient (Wildman–Crippen LogP) is 1.41. The van der Waals surface area contributed by atoms with Crippen LogP contribution in [0.1, 0.15) is 18.7 Å². The minimum Gasteiger partial charge on any atom is -0.465 e. The number of nitrogens with zero attached hydrogens (tertiary/aromatic N) is 1. The molecule has 0 saturated heterocycles. The molecule has 4 heteroatoms. The van der Waals surface area contributed by atoms with Gasteiger partial charge < -0.3 is 10.4 Å². The Kier molecular flexibility index (Phi) is 2.63. The number of aromatic nitrogens is 1. The largest absolute Gasteiger partial charge is 0.465 e. The van der Waals surface area contributed by atoms with Gasteiger partial charge in [0.15, 0.2) is 0 Å². The van der Waals surface area contributed by atoms with E-state index in [9.17, 15) is 4.79 Å². The van der Waals surface area contributed by atoms with Crippen LogP contribution in [0.3, 0.4) is 0 Å². The number of hydrogen-bond acceptors (Lipinski definition) is 2. The number of nitrogens with one attached hydrogen (secondary N) is 1. The third kappa shape index (κ3) is 2.23. The predicted molar refractivity (Wildman–Crippen MR) is 43.8 cm³/mol. The first-order valence-corrected chi connectivity index (χ1v) is 3.60. The van der Waals surface area contributed by atoms with Crippen molar-refractivity contribution in [1.29, 1.82) is 0 Å². The van der Waals surface area contributed by atoms with E-state index in [1.807, 2.05) is 6.07 Å². The lowest BCUT2D eigenvalue weighted by molar-refractivity contribution is 0.190. The zero-order chi connectivity index (χ0) is 8.97. The first-order chi connectivity index (χ1) is 5.70. The smallest absolute Gasteiger partial charge is 0.405 e. The van der Waals surface area contributed by atoms with Gasteiger partial charge in [-0.2, -0.15) is 0 Å². The van der Waals surface area contributed by atoms with Gasteiger partial charge in [-0.05, 0) is 19.1 Å². The number of rotatable bonds is 2. The maximum atomic E-state index is 10.2. The summed E-state index contributed by atoms with van der Waals surface area (Å²) in [7, 11) is 0.